The normalized spacial score (nSPS) is 25.0. The number of hydrogen-bond acceptors (Lipinski definition) is 4. The smallest absolute Gasteiger partial charge is 0.182 e. The predicted octanol–water partition coefficient (Wildman–Crippen LogP) is 3.07. The summed E-state index contributed by atoms with van der Waals surface area (Å²) >= 11 is 5.25. The number of sulfone groups is 1. The van der Waals surface area contributed by atoms with Crippen LogP contribution in [0.2, 0.25) is 0 Å². The lowest BCUT2D eigenvalue weighted by molar-refractivity contribution is 0.121. The summed E-state index contributed by atoms with van der Waals surface area (Å²) in [6.45, 7) is 2.29. The van der Waals surface area contributed by atoms with Crippen molar-refractivity contribution in [3.05, 3.63) is 66.0 Å². The molecule has 2 aromatic carbocycles. The third kappa shape index (κ3) is 3.04. The lowest BCUT2D eigenvalue weighted by atomic mass is 10.00. The number of benzene rings is 2. The molecule has 0 amide bonds. The number of ether oxygens (including phenoxy) is 1. The third-order valence-corrected chi connectivity index (χ3v) is 7.54. The molecule has 1 saturated carbocycles. The van der Waals surface area contributed by atoms with E-state index in [2.05, 4.69) is 0 Å². The molecule has 3 atom stereocenters. The molecule has 0 spiro atoms. The van der Waals surface area contributed by atoms with Crippen LogP contribution < -0.4 is 5.73 Å². The average Bonchev–Trinajstić information content (AvgIpc) is 3.32. The standard InChI is InChI=1S/C19H20FNO3S2/c1-2-24-12-19(18(21)25)16(13-7-6-8-14(20)11-13)17(19)26(22,23)15-9-4-3-5-10-15/h3-11,16-17H,2,12H2,1H3,(H2,21,25)/t16-,17+,19-/m1/s1. The third-order valence-electron chi connectivity index (χ3n) is 4.87. The zero-order valence-electron chi connectivity index (χ0n) is 14.3. The van der Waals surface area contributed by atoms with Gasteiger partial charge in [-0.25, -0.2) is 12.8 Å². The van der Waals surface area contributed by atoms with Crippen LogP contribution in [0.15, 0.2) is 59.5 Å². The van der Waals surface area contributed by atoms with Crippen molar-refractivity contribution in [2.75, 3.05) is 13.2 Å². The summed E-state index contributed by atoms with van der Waals surface area (Å²) in [5.41, 5.74) is 5.51. The van der Waals surface area contributed by atoms with Crippen LogP contribution >= 0.6 is 12.2 Å². The van der Waals surface area contributed by atoms with E-state index in [9.17, 15) is 12.8 Å². The van der Waals surface area contributed by atoms with Crippen LogP contribution in [0.5, 0.6) is 0 Å². The predicted molar refractivity (Wildman–Crippen MR) is 102 cm³/mol. The van der Waals surface area contributed by atoms with Crippen molar-refractivity contribution in [1.82, 2.24) is 0 Å². The quantitative estimate of drug-likeness (QED) is 0.732. The first-order chi connectivity index (χ1) is 12.4. The van der Waals surface area contributed by atoms with Crippen LogP contribution in [0.4, 0.5) is 4.39 Å². The highest BCUT2D eigenvalue weighted by Gasteiger charge is 2.73. The molecule has 0 aromatic heterocycles. The summed E-state index contributed by atoms with van der Waals surface area (Å²) in [5, 5.41) is -0.886. The fraction of sp³-hybridized carbons (Fsp3) is 0.316. The van der Waals surface area contributed by atoms with E-state index in [1.165, 1.54) is 12.1 Å². The minimum Gasteiger partial charge on any atom is -0.393 e. The average molecular weight is 394 g/mol. The fourth-order valence-electron chi connectivity index (χ4n) is 3.60. The van der Waals surface area contributed by atoms with E-state index in [1.807, 2.05) is 6.92 Å². The molecule has 3 rings (SSSR count). The summed E-state index contributed by atoms with van der Waals surface area (Å²) in [7, 11) is -3.73. The zero-order valence-corrected chi connectivity index (χ0v) is 15.9. The van der Waals surface area contributed by atoms with Crippen molar-refractivity contribution in [3.8, 4) is 0 Å². The van der Waals surface area contributed by atoms with E-state index in [-0.39, 0.29) is 16.5 Å². The van der Waals surface area contributed by atoms with Crippen LogP contribution in [-0.2, 0) is 14.6 Å². The Labute approximate surface area is 158 Å². The van der Waals surface area contributed by atoms with Gasteiger partial charge in [0.1, 0.15) is 5.82 Å². The Hall–Kier alpha value is -1.83. The Morgan fingerprint density at radius 2 is 1.92 bits per heavy atom. The number of rotatable bonds is 7. The van der Waals surface area contributed by atoms with E-state index in [0.29, 0.717) is 12.2 Å². The highest BCUT2D eigenvalue weighted by Crippen LogP contribution is 2.64. The molecule has 2 aromatic rings. The largest absolute Gasteiger partial charge is 0.393 e. The highest BCUT2D eigenvalue weighted by molar-refractivity contribution is 7.92. The summed E-state index contributed by atoms with van der Waals surface area (Å²) in [6, 6.07) is 14.1. The first kappa shape index (κ1) is 18.9. The topological polar surface area (TPSA) is 69.4 Å². The first-order valence-corrected chi connectivity index (χ1v) is 10.2. The first-order valence-electron chi connectivity index (χ1n) is 8.27. The number of thiocarbonyl (C=S) groups is 1. The Morgan fingerprint density at radius 3 is 2.50 bits per heavy atom. The van der Waals surface area contributed by atoms with Crippen LogP contribution in [-0.4, -0.2) is 31.9 Å². The second kappa shape index (κ2) is 7.06. The van der Waals surface area contributed by atoms with E-state index in [1.54, 1.807) is 42.5 Å². The Kier molecular flexibility index (Phi) is 5.14. The molecule has 0 aliphatic heterocycles. The zero-order chi connectivity index (χ0) is 18.9. The van der Waals surface area contributed by atoms with E-state index < -0.39 is 32.2 Å². The van der Waals surface area contributed by atoms with Crippen molar-refractivity contribution < 1.29 is 17.5 Å². The van der Waals surface area contributed by atoms with Crippen molar-refractivity contribution in [2.45, 2.75) is 23.0 Å². The van der Waals surface area contributed by atoms with Gasteiger partial charge in [0.15, 0.2) is 9.84 Å². The van der Waals surface area contributed by atoms with Crippen LogP contribution in [0, 0.1) is 11.2 Å². The maximum Gasteiger partial charge on any atom is 0.182 e. The molecule has 2 N–H and O–H groups in total. The van der Waals surface area contributed by atoms with Crippen molar-refractivity contribution in [3.63, 3.8) is 0 Å². The SMILES string of the molecule is CCOC[C@@]1(C(N)=S)[C@H](c2cccc(F)c2)[C@@H]1S(=O)(=O)c1ccccc1. The van der Waals surface area contributed by atoms with Gasteiger partial charge in [-0.15, -0.1) is 0 Å². The summed E-state index contributed by atoms with van der Waals surface area (Å²) in [5.74, 6) is -0.981. The lowest BCUT2D eigenvalue weighted by Crippen LogP contribution is -2.33. The van der Waals surface area contributed by atoms with Crippen LogP contribution in [0.3, 0.4) is 0 Å². The van der Waals surface area contributed by atoms with Gasteiger partial charge in [0.2, 0.25) is 0 Å². The second-order valence-electron chi connectivity index (χ2n) is 6.35. The van der Waals surface area contributed by atoms with E-state index in [0.717, 1.165) is 0 Å². The number of hydrogen-bond donors (Lipinski definition) is 1. The molecular formula is C19H20FNO3S2. The molecule has 1 aliphatic carbocycles. The monoisotopic (exact) mass is 393 g/mol. The van der Waals surface area contributed by atoms with Gasteiger partial charge >= 0.3 is 0 Å². The molecule has 0 unspecified atom stereocenters. The van der Waals surface area contributed by atoms with Crippen molar-refractivity contribution in [1.29, 1.82) is 0 Å². The van der Waals surface area contributed by atoms with Crippen molar-refractivity contribution in [2.24, 2.45) is 11.1 Å². The molecule has 138 valence electrons. The van der Waals surface area contributed by atoms with Gasteiger partial charge < -0.3 is 10.5 Å². The minimum atomic E-state index is -3.73. The highest BCUT2D eigenvalue weighted by atomic mass is 32.2. The molecule has 1 fully saturated rings. The molecular weight excluding hydrogens is 373 g/mol. The lowest BCUT2D eigenvalue weighted by Gasteiger charge is -2.17. The summed E-state index contributed by atoms with van der Waals surface area (Å²) in [6.07, 6.45) is 0. The maximum absolute atomic E-state index is 13.8. The van der Waals surface area contributed by atoms with Gasteiger partial charge in [-0.05, 0) is 36.8 Å². The van der Waals surface area contributed by atoms with Crippen LogP contribution in [0.25, 0.3) is 0 Å². The molecule has 0 bridgehead atoms. The van der Waals surface area contributed by atoms with Gasteiger partial charge in [-0.3, -0.25) is 0 Å². The van der Waals surface area contributed by atoms with Gasteiger partial charge in [-0.2, -0.15) is 0 Å². The molecule has 0 radical (unpaired) electrons. The Morgan fingerprint density at radius 1 is 1.23 bits per heavy atom. The fourth-order valence-corrected chi connectivity index (χ4v) is 6.39. The molecule has 0 heterocycles. The Bertz CT molecular complexity index is 917. The minimum absolute atomic E-state index is 0.0738. The van der Waals surface area contributed by atoms with Gasteiger partial charge in [0.25, 0.3) is 0 Å². The maximum atomic E-state index is 13.8. The summed E-state index contributed by atoms with van der Waals surface area (Å²) in [4.78, 5) is 0.269. The molecule has 26 heavy (non-hydrogen) atoms. The molecule has 0 saturated heterocycles. The van der Waals surface area contributed by atoms with Crippen LogP contribution in [0.1, 0.15) is 18.4 Å². The summed E-state index contributed by atoms with van der Waals surface area (Å²) < 4.78 is 45.9. The van der Waals surface area contributed by atoms with E-state index >= 15 is 0 Å². The van der Waals surface area contributed by atoms with Gasteiger partial charge in [0, 0.05) is 12.5 Å². The van der Waals surface area contributed by atoms with Gasteiger partial charge in [-0.1, -0.05) is 42.5 Å². The molecule has 7 heteroatoms. The molecule has 4 nitrogen and oxygen atoms in total. The van der Waals surface area contributed by atoms with Gasteiger partial charge in [0.05, 0.1) is 27.2 Å². The number of halogens is 1. The Balaban J connectivity index is 2.12. The number of nitrogens with two attached hydrogens (primary N) is 1. The second-order valence-corrected chi connectivity index (χ2v) is 8.86. The molecule has 1 aliphatic rings. The van der Waals surface area contributed by atoms with Crippen molar-refractivity contribution >= 4 is 27.0 Å². The van der Waals surface area contributed by atoms with E-state index in [4.69, 9.17) is 22.7 Å².